The van der Waals surface area contributed by atoms with Crippen LogP contribution in [0.15, 0.2) is 24.3 Å². The number of ether oxygens (including phenoxy) is 1. The zero-order valence-electron chi connectivity index (χ0n) is 19.4. The molecule has 1 aromatic rings. The average Bonchev–Trinajstić information content (AvgIpc) is 2.86. The minimum absolute atomic E-state index is 0.454. The monoisotopic (exact) mass is 466 g/mol. The maximum atomic E-state index is 13.6. The van der Waals surface area contributed by atoms with Gasteiger partial charge in [0.05, 0.1) is 6.61 Å². The molecule has 2 saturated heterocycles. The van der Waals surface area contributed by atoms with Gasteiger partial charge in [0.1, 0.15) is 15.7 Å². The molecule has 3 rings (SSSR count). The molecule has 2 fully saturated rings. The molecule has 180 valence electrons. The van der Waals surface area contributed by atoms with Crippen molar-refractivity contribution in [3.05, 3.63) is 29.8 Å². The van der Waals surface area contributed by atoms with Crippen molar-refractivity contribution < 1.29 is 18.9 Å². The number of anilines is 1. The molecule has 0 aromatic heterocycles. The Morgan fingerprint density at radius 3 is 2.34 bits per heavy atom. The molecular weight excluding hydrogens is 428 g/mol. The van der Waals surface area contributed by atoms with E-state index >= 15 is 0 Å². The van der Waals surface area contributed by atoms with Gasteiger partial charge in [0.15, 0.2) is 0 Å². The lowest BCUT2D eigenvalue weighted by Gasteiger charge is -2.43. The number of nitrogens with zero attached hydrogens (tertiary/aromatic N) is 3. The van der Waals surface area contributed by atoms with Gasteiger partial charge in [-0.1, -0.05) is 25.5 Å². The van der Waals surface area contributed by atoms with Gasteiger partial charge in [-0.15, -0.1) is 0 Å². The fourth-order valence-corrected chi connectivity index (χ4v) is 6.28. The van der Waals surface area contributed by atoms with Crippen LogP contribution in [0.1, 0.15) is 38.2 Å². The Hall–Kier alpha value is -1.52. The largest absolute Gasteiger partial charge is 0.383 e. The summed E-state index contributed by atoms with van der Waals surface area (Å²) in [7, 11) is 0.165. The molecule has 8 nitrogen and oxygen atoms in total. The number of methoxy groups -OCH3 is 1. The summed E-state index contributed by atoms with van der Waals surface area (Å²) in [5, 5.41) is 9.38. The third-order valence-corrected chi connectivity index (χ3v) is 8.81. The second-order valence-corrected chi connectivity index (χ2v) is 10.5. The van der Waals surface area contributed by atoms with Crippen LogP contribution in [-0.4, -0.2) is 88.8 Å². The molecule has 2 aliphatic rings. The molecule has 1 aromatic carbocycles. The van der Waals surface area contributed by atoms with Crippen LogP contribution in [0.5, 0.6) is 0 Å². The van der Waals surface area contributed by atoms with Crippen LogP contribution in [0.4, 0.5) is 5.69 Å². The summed E-state index contributed by atoms with van der Waals surface area (Å²) in [6, 6.07) is 8.75. The highest BCUT2D eigenvalue weighted by Gasteiger charge is 2.49. The van der Waals surface area contributed by atoms with E-state index in [1.54, 1.807) is 12.6 Å². The SMILES string of the molecule is CCCCc1ccc(N2CCN(S(=O)C3(C(=O)NO)CCN(CCOC)CC3)CC2)cc1. The van der Waals surface area contributed by atoms with E-state index in [1.807, 2.05) is 4.31 Å². The van der Waals surface area contributed by atoms with E-state index in [-0.39, 0.29) is 0 Å². The van der Waals surface area contributed by atoms with E-state index < -0.39 is 21.6 Å². The molecule has 1 unspecified atom stereocenters. The average molecular weight is 467 g/mol. The predicted molar refractivity (Wildman–Crippen MR) is 127 cm³/mol. The van der Waals surface area contributed by atoms with Crippen LogP contribution in [0.25, 0.3) is 0 Å². The van der Waals surface area contributed by atoms with Gasteiger partial charge >= 0.3 is 0 Å². The Kier molecular flexibility index (Phi) is 9.48. The summed E-state index contributed by atoms with van der Waals surface area (Å²) >= 11 is 0. The van der Waals surface area contributed by atoms with Gasteiger partial charge in [-0.25, -0.2) is 14.0 Å². The number of unbranched alkanes of at least 4 members (excludes halogenated alkanes) is 1. The van der Waals surface area contributed by atoms with Crippen LogP contribution in [0, 0.1) is 0 Å². The quantitative estimate of drug-likeness (QED) is 0.404. The zero-order valence-corrected chi connectivity index (χ0v) is 20.2. The topological polar surface area (TPSA) is 85.4 Å². The van der Waals surface area contributed by atoms with Gasteiger partial charge in [0, 0.05) is 58.6 Å². The highest BCUT2D eigenvalue weighted by molar-refractivity contribution is 7.85. The molecule has 2 aliphatic heterocycles. The molecular formula is C23H38N4O4S. The molecule has 2 heterocycles. The number of hydroxylamine groups is 1. The minimum Gasteiger partial charge on any atom is -0.383 e. The fraction of sp³-hybridized carbons (Fsp3) is 0.696. The van der Waals surface area contributed by atoms with Crippen molar-refractivity contribution in [2.75, 3.05) is 64.4 Å². The molecule has 32 heavy (non-hydrogen) atoms. The van der Waals surface area contributed by atoms with Gasteiger partial charge in [-0.2, -0.15) is 0 Å². The van der Waals surface area contributed by atoms with Crippen molar-refractivity contribution in [2.24, 2.45) is 0 Å². The van der Waals surface area contributed by atoms with Crippen LogP contribution < -0.4 is 10.4 Å². The van der Waals surface area contributed by atoms with Gasteiger partial charge in [0.25, 0.3) is 5.91 Å². The standard InChI is InChI=1S/C23H38N4O4S/c1-3-4-5-20-6-8-21(9-7-20)26-14-16-27(17-15-26)32(30)23(22(28)24-29)10-12-25(13-11-23)18-19-31-2/h6-9,29H,3-5,10-19H2,1-2H3,(H,24,28). The number of amides is 1. The number of hydrogen-bond acceptors (Lipinski definition) is 6. The first-order valence-electron chi connectivity index (χ1n) is 11.7. The van der Waals surface area contributed by atoms with Crippen molar-refractivity contribution in [3.8, 4) is 0 Å². The summed E-state index contributed by atoms with van der Waals surface area (Å²) < 4.78 is 19.6. The normalized spacial score (nSPS) is 20.8. The first-order chi connectivity index (χ1) is 15.5. The lowest BCUT2D eigenvalue weighted by molar-refractivity contribution is -0.133. The molecule has 0 radical (unpaired) electrons. The number of piperazine rings is 1. The highest BCUT2D eigenvalue weighted by Crippen LogP contribution is 2.32. The molecule has 0 bridgehead atoms. The number of piperidine rings is 1. The highest BCUT2D eigenvalue weighted by atomic mass is 32.2. The summed E-state index contributed by atoms with van der Waals surface area (Å²) in [6.45, 7) is 7.71. The van der Waals surface area contributed by atoms with E-state index in [4.69, 9.17) is 4.74 Å². The van der Waals surface area contributed by atoms with Crippen LogP contribution in [-0.2, 0) is 26.9 Å². The first-order valence-corrected chi connectivity index (χ1v) is 12.8. The summed E-state index contributed by atoms with van der Waals surface area (Å²) in [4.78, 5) is 17.2. The number of aryl methyl sites for hydroxylation is 1. The lowest BCUT2D eigenvalue weighted by Crippen LogP contribution is -2.61. The Morgan fingerprint density at radius 1 is 1.12 bits per heavy atom. The number of rotatable bonds is 10. The predicted octanol–water partition coefficient (Wildman–Crippen LogP) is 1.80. The fourth-order valence-electron chi connectivity index (χ4n) is 4.55. The van der Waals surface area contributed by atoms with Crippen molar-refractivity contribution in [3.63, 3.8) is 0 Å². The third-order valence-electron chi connectivity index (χ3n) is 6.72. The number of nitrogens with one attached hydrogen (secondary N) is 1. The molecule has 2 N–H and O–H groups in total. The van der Waals surface area contributed by atoms with E-state index in [0.29, 0.717) is 45.6 Å². The summed E-state index contributed by atoms with van der Waals surface area (Å²) in [5.41, 5.74) is 4.35. The Balaban J connectivity index is 1.59. The molecule has 0 aliphatic carbocycles. The smallest absolute Gasteiger partial charge is 0.263 e. The zero-order chi connectivity index (χ0) is 23.0. The number of carbonyl (C=O) groups is 1. The number of benzene rings is 1. The van der Waals surface area contributed by atoms with Crippen LogP contribution >= 0.6 is 0 Å². The molecule has 0 spiro atoms. The minimum atomic E-state index is -1.50. The molecule has 1 amide bonds. The number of likely N-dealkylation sites (tertiary alicyclic amines) is 1. The lowest BCUT2D eigenvalue weighted by atomic mass is 9.95. The maximum Gasteiger partial charge on any atom is 0.263 e. The van der Waals surface area contributed by atoms with E-state index in [2.05, 4.69) is 41.0 Å². The Bertz CT molecular complexity index is 745. The van der Waals surface area contributed by atoms with Gasteiger partial charge < -0.3 is 14.5 Å². The van der Waals surface area contributed by atoms with Crippen molar-refractivity contribution in [1.29, 1.82) is 0 Å². The van der Waals surface area contributed by atoms with E-state index in [9.17, 15) is 14.2 Å². The second kappa shape index (κ2) is 12.1. The maximum absolute atomic E-state index is 13.6. The Morgan fingerprint density at radius 2 is 1.78 bits per heavy atom. The second-order valence-electron chi connectivity index (χ2n) is 8.70. The Labute approximate surface area is 194 Å². The first kappa shape index (κ1) is 25.1. The van der Waals surface area contributed by atoms with Gasteiger partial charge in [-0.3, -0.25) is 10.0 Å². The van der Waals surface area contributed by atoms with Crippen molar-refractivity contribution in [2.45, 2.75) is 43.8 Å². The van der Waals surface area contributed by atoms with Gasteiger partial charge in [-0.05, 0) is 43.4 Å². The third kappa shape index (κ3) is 5.88. The summed E-state index contributed by atoms with van der Waals surface area (Å²) in [6.07, 6.45) is 4.42. The molecule has 0 saturated carbocycles. The number of carbonyl (C=O) groups excluding carboxylic acids is 1. The van der Waals surface area contributed by atoms with Crippen LogP contribution in [0.3, 0.4) is 0 Å². The molecule has 1 atom stereocenters. The van der Waals surface area contributed by atoms with Gasteiger partial charge in [0.2, 0.25) is 0 Å². The van der Waals surface area contributed by atoms with Crippen molar-refractivity contribution in [1.82, 2.24) is 14.7 Å². The number of hydrogen-bond donors (Lipinski definition) is 2. The van der Waals surface area contributed by atoms with E-state index in [0.717, 1.165) is 26.1 Å². The molecule has 9 heteroatoms. The summed E-state index contributed by atoms with van der Waals surface area (Å²) in [5.74, 6) is -0.535. The van der Waals surface area contributed by atoms with Crippen molar-refractivity contribution >= 4 is 22.6 Å². The van der Waals surface area contributed by atoms with Crippen LogP contribution in [0.2, 0.25) is 0 Å². The van der Waals surface area contributed by atoms with E-state index in [1.165, 1.54) is 24.1 Å².